The minimum Gasteiger partial charge on any atom is -0.411 e. The zero-order valence-electron chi connectivity index (χ0n) is 10.2. The quantitative estimate of drug-likeness (QED) is 0.508. The molecule has 0 unspecified atom stereocenters. The maximum absolute atomic E-state index is 11.6. The highest BCUT2D eigenvalue weighted by atomic mass is 32.2. The number of hydrogen-bond donors (Lipinski definition) is 1. The Morgan fingerprint density at radius 3 is 2.24 bits per heavy atom. The van der Waals surface area contributed by atoms with Gasteiger partial charge in [-0.2, -0.15) is 0 Å². The van der Waals surface area contributed by atoms with Crippen molar-refractivity contribution in [3.8, 4) is 0 Å². The highest BCUT2D eigenvalue weighted by Crippen LogP contribution is 2.14. The van der Waals surface area contributed by atoms with Gasteiger partial charge in [0, 0.05) is 11.8 Å². The molecule has 0 radical (unpaired) electrons. The summed E-state index contributed by atoms with van der Waals surface area (Å²) < 4.78 is 23.2. The fourth-order valence-electron chi connectivity index (χ4n) is 1.73. The van der Waals surface area contributed by atoms with E-state index in [1.54, 1.807) is 19.1 Å². The van der Waals surface area contributed by atoms with Crippen molar-refractivity contribution in [1.29, 1.82) is 0 Å². The van der Waals surface area contributed by atoms with Crippen molar-refractivity contribution in [2.24, 2.45) is 5.16 Å². The van der Waals surface area contributed by atoms with Gasteiger partial charge in [0.1, 0.15) is 11.0 Å². The maximum atomic E-state index is 11.6. The monoisotopic (exact) mass is 255 g/mol. The Kier molecular flexibility index (Phi) is 4.28. The molecule has 0 saturated carbocycles. The highest BCUT2D eigenvalue weighted by Gasteiger charge is 2.26. The summed E-state index contributed by atoms with van der Waals surface area (Å²) >= 11 is 0. The van der Waals surface area contributed by atoms with Crippen LogP contribution in [0.4, 0.5) is 0 Å². The minimum atomic E-state index is -3.28. The van der Waals surface area contributed by atoms with Crippen molar-refractivity contribution in [3.63, 3.8) is 0 Å². The largest absolute Gasteiger partial charge is 0.411 e. The van der Waals surface area contributed by atoms with E-state index in [4.69, 9.17) is 5.21 Å². The van der Waals surface area contributed by atoms with Gasteiger partial charge in [-0.25, -0.2) is 8.42 Å². The molecule has 1 N–H and O–H groups in total. The Labute approximate surface area is 102 Å². The molecule has 0 saturated heterocycles. The van der Waals surface area contributed by atoms with Crippen molar-refractivity contribution < 1.29 is 13.6 Å². The molecule has 0 bridgehead atoms. The number of oxime groups is 1. The first kappa shape index (κ1) is 13.7. The van der Waals surface area contributed by atoms with Crippen molar-refractivity contribution >= 4 is 15.5 Å². The second kappa shape index (κ2) is 5.31. The number of sulfone groups is 1. The SMILES string of the molecule is CC[C@H](/C(=N\O)c1ccc(C)cc1)S(C)(=O)=O. The van der Waals surface area contributed by atoms with Crippen LogP contribution in [0.25, 0.3) is 0 Å². The zero-order valence-corrected chi connectivity index (χ0v) is 11.0. The lowest BCUT2D eigenvalue weighted by Crippen LogP contribution is -2.29. The molecule has 1 aromatic carbocycles. The van der Waals surface area contributed by atoms with Crippen LogP contribution in [0.1, 0.15) is 24.5 Å². The Morgan fingerprint density at radius 2 is 1.88 bits per heavy atom. The van der Waals surface area contributed by atoms with E-state index in [2.05, 4.69) is 5.16 Å². The summed E-state index contributed by atoms with van der Waals surface area (Å²) in [6, 6.07) is 7.24. The fourth-order valence-corrected chi connectivity index (χ4v) is 2.93. The molecule has 0 aliphatic heterocycles. The van der Waals surface area contributed by atoms with Gasteiger partial charge in [0.2, 0.25) is 0 Å². The third-order valence-corrected chi connectivity index (χ3v) is 4.24. The van der Waals surface area contributed by atoms with E-state index in [1.165, 1.54) is 0 Å². The van der Waals surface area contributed by atoms with Crippen LogP contribution in [0.3, 0.4) is 0 Å². The van der Waals surface area contributed by atoms with Crippen molar-refractivity contribution in [2.75, 3.05) is 6.26 Å². The molecule has 0 aromatic heterocycles. The molecular weight excluding hydrogens is 238 g/mol. The first-order valence-corrected chi connectivity index (χ1v) is 7.33. The third kappa shape index (κ3) is 3.30. The Morgan fingerprint density at radius 1 is 1.35 bits per heavy atom. The molecule has 0 fully saturated rings. The maximum Gasteiger partial charge on any atom is 0.156 e. The third-order valence-electron chi connectivity index (χ3n) is 2.65. The zero-order chi connectivity index (χ0) is 13.1. The van der Waals surface area contributed by atoms with Crippen LogP contribution in [-0.4, -0.2) is 30.8 Å². The summed E-state index contributed by atoms with van der Waals surface area (Å²) in [5.41, 5.74) is 1.91. The molecule has 4 nitrogen and oxygen atoms in total. The molecule has 1 rings (SSSR count). The van der Waals surface area contributed by atoms with Gasteiger partial charge >= 0.3 is 0 Å². The first-order valence-electron chi connectivity index (χ1n) is 5.38. The molecule has 0 aliphatic rings. The summed E-state index contributed by atoms with van der Waals surface area (Å²) in [5.74, 6) is 0. The van der Waals surface area contributed by atoms with Gasteiger partial charge in [-0.15, -0.1) is 0 Å². The number of aryl methyl sites for hydroxylation is 1. The summed E-state index contributed by atoms with van der Waals surface area (Å²) in [6.45, 7) is 3.69. The molecule has 17 heavy (non-hydrogen) atoms. The van der Waals surface area contributed by atoms with E-state index in [0.717, 1.165) is 11.8 Å². The van der Waals surface area contributed by atoms with Crippen molar-refractivity contribution in [2.45, 2.75) is 25.5 Å². The molecular formula is C12H17NO3S. The average molecular weight is 255 g/mol. The van der Waals surface area contributed by atoms with Crippen LogP contribution in [0.2, 0.25) is 0 Å². The highest BCUT2D eigenvalue weighted by molar-refractivity contribution is 7.92. The number of nitrogens with zero attached hydrogens (tertiary/aromatic N) is 1. The summed E-state index contributed by atoms with van der Waals surface area (Å²) in [6.07, 6.45) is 1.53. The Hall–Kier alpha value is -1.36. The molecule has 0 aliphatic carbocycles. The molecule has 94 valence electrons. The standard InChI is InChI=1S/C12H17NO3S/c1-4-11(17(3,15)16)12(13-14)10-7-5-9(2)6-8-10/h5-8,11,14H,4H2,1-3H3/b13-12-/t11-/m1/s1. The fraction of sp³-hybridized carbons (Fsp3) is 0.417. The van der Waals surface area contributed by atoms with Gasteiger partial charge in [0.25, 0.3) is 0 Å². The van der Waals surface area contributed by atoms with E-state index in [-0.39, 0.29) is 5.71 Å². The molecule has 1 aromatic rings. The first-order chi connectivity index (χ1) is 7.90. The van der Waals surface area contributed by atoms with E-state index in [0.29, 0.717) is 12.0 Å². The van der Waals surface area contributed by atoms with Crippen LogP contribution in [0.15, 0.2) is 29.4 Å². The summed E-state index contributed by atoms with van der Waals surface area (Å²) in [4.78, 5) is 0. The lowest BCUT2D eigenvalue weighted by Gasteiger charge is -2.14. The molecule has 0 spiro atoms. The van der Waals surface area contributed by atoms with E-state index in [1.807, 2.05) is 19.1 Å². The molecule has 0 amide bonds. The van der Waals surface area contributed by atoms with Crippen LogP contribution in [0.5, 0.6) is 0 Å². The summed E-state index contributed by atoms with van der Waals surface area (Å²) in [7, 11) is -3.28. The van der Waals surface area contributed by atoms with Gasteiger partial charge in [0.05, 0.1) is 0 Å². The Balaban J connectivity index is 3.20. The molecule has 1 atom stereocenters. The smallest absolute Gasteiger partial charge is 0.156 e. The topological polar surface area (TPSA) is 66.7 Å². The van der Waals surface area contributed by atoms with Gasteiger partial charge in [-0.05, 0) is 13.3 Å². The van der Waals surface area contributed by atoms with Gasteiger partial charge in [0.15, 0.2) is 9.84 Å². The van der Waals surface area contributed by atoms with Crippen LogP contribution in [0, 0.1) is 6.92 Å². The number of hydrogen-bond acceptors (Lipinski definition) is 4. The van der Waals surface area contributed by atoms with E-state index < -0.39 is 15.1 Å². The average Bonchev–Trinajstić information content (AvgIpc) is 2.25. The molecule has 5 heteroatoms. The van der Waals surface area contributed by atoms with Crippen molar-refractivity contribution in [1.82, 2.24) is 0 Å². The van der Waals surface area contributed by atoms with Gasteiger partial charge in [-0.1, -0.05) is 41.9 Å². The lowest BCUT2D eigenvalue weighted by atomic mass is 10.0. The number of rotatable bonds is 4. The number of benzene rings is 1. The second-order valence-corrected chi connectivity index (χ2v) is 6.31. The predicted molar refractivity (Wildman–Crippen MR) is 68.4 cm³/mol. The van der Waals surface area contributed by atoms with Crippen LogP contribution in [-0.2, 0) is 9.84 Å². The second-order valence-electron chi connectivity index (χ2n) is 4.08. The Bertz CT molecular complexity index is 503. The van der Waals surface area contributed by atoms with Gasteiger partial charge in [-0.3, -0.25) is 0 Å². The van der Waals surface area contributed by atoms with Crippen LogP contribution < -0.4 is 0 Å². The summed E-state index contributed by atoms with van der Waals surface area (Å²) in [5, 5.41) is 11.4. The molecule has 0 heterocycles. The van der Waals surface area contributed by atoms with Gasteiger partial charge < -0.3 is 5.21 Å². The normalized spacial score (nSPS) is 14.6. The minimum absolute atomic E-state index is 0.204. The predicted octanol–water partition coefficient (Wildman–Crippen LogP) is 2.00. The lowest BCUT2D eigenvalue weighted by molar-refractivity contribution is 0.318. The van der Waals surface area contributed by atoms with Crippen molar-refractivity contribution in [3.05, 3.63) is 35.4 Å². The van der Waals surface area contributed by atoms with Crippen LogP contribution >= 0.6 is 0 Å². The van der Waals surface area contributed by atoms with E-state index in [9.17, 15) is 8.42 Å². The van der Waals surface area contributed by atoms with E-state index >= 15 is 0 Å².